The van der Waals surface area contributed by atoms with Crippen molar-refractivity contribution < 1.29 is 24.5 Å². The lowest BCUT2D eigenvalue weighted by Crippen LogP contribution is -2.74. The van der Waals surface area contributed by atoms with Gasteiger partial charge in [0, 0.05) is 30.8 Å². The van der Waals surface area contributed by atoms with E-state index in [4.69, 9.17) is 9.47 Å². The third kappa shape index (κ3) is 3.07. The second kappa shape index (κ2) is 7.83. The Labute approximate surface area is 210 Å². The highest BCUT2D eigenvalue weighted by Gasteiger charge is 2.71. The van der Waals surface area contributed by atoms with E-state index in [1.807, 2.05) is 23.1 Å². The minimum atomic E-state index is -1.03. The number of aromatic nitrogens is 1. The Hall–Kier alpha value is -2.84. The first-order chi connectivity index (χ1) is 17.4. The van der Waals surface area contributed by atoms with Crippen molar-refractivity contribution in [3.05, 3.63) is 47.2 Å². The van der Waals surface area contributed by atoms with E-state index in [1.54, 1.807) is 19.2 Å². The summed E-state index contributed by atoms with van der Waals surface area (Å²) in [7, 11) is 1.56. The number of aromatic hydroxyl groups is 1. The molecular weight excluding hydrogens is 458 g/mol. The Kier molecular flexibility index (Phi) is 4.86. The highest BCUT2D eigenvalue weighted by Crippen LogP contribution is 2.63. The van der Waals surface area contributed by atoms with E-state index in [-0.39, 0.29) is 24.1 Å². The van der Waals surface area contributed by atoms with Gasteiger partial charge in [-0.05, 0) is 62.3 Å². The zero-order valence-corrected chi connectivity index (χ0v) is 20.7. The first kappa shape index (κ1) is 22.4. The Morgan fingerprint density at radius 1 is 1.22 bits per heavy atom. The van der Waals surface area contributed by atoms with Crippen molar-refractivity contribution in [1.29, 1.82) is 0 Å². The van der Waals surface area contributed by atoms with Crippen LogP contribution in [-0.2, 0) is 23.1 Å². The van der Waals surface area contributed by atoms with Gasteiger partial charge >= 0.3 is 0 Å². The fourth-order valence-corrected chi connectivity index (χ4v) is 7.57. The Morgan fingerprint density at radius 2 is 2.08 bits per heavy atom. The number of phenolic OH excluding ortho intramolecular Hbond substituents is 1. The first-order valence-corrected chi connectivity index (χ1v) is 13.2. The number of rotatable bonds is 5. The predicted molar refractivity (Wildman–Crippen MR) is 131 cm³/mol. The standard InChI is InChI=1S/C28H33N3O5/c1-35-23-4-2-3-19(29-23)14-24(33)31-12-10-28(34)21-13-18-7-8-20(32)26-25(18)27(28,22(16-31)36-26)9-11-30(21)15-17-5-6-17/h2-4,7-8,17,21-22,32,34H,5-6,9-16H2,1H3/t21?,22-,27?,28?/m0/s1. The monoisotopic (exact) mass is 491 g/mol. The zero-order valence-electron chi connectivity index (χ0n) is 20.7. The molecule has 8 nitrogen and oxygen atoms in total. The van der Waals surface area contributed by atoms with Crippen molar-refractivity contribution in [2.24, 2.45) is 5.92 Å². The molecule has 7 rings (SSSR count). The molecule has 2 saturated heterocycles. The summed E-state index contributed by atoms with van der Waals surface area (Å²) in [5.74, 6) is 1.80. The number of likely N-dealkylation sites (tertiary alicyclic amines) is 2. The van der Waals surface area contributed by atoms with Crippen LogP contribution >= 0.6 is 0 Å². The maximum Gasteiger partial charge on any atom is 0.228 e. The van der Waals surface area contributed by atoms with Crippen LogP contribution in [-0.4, -0.2) is 81.9 Å². The lowest BCUT2D eigenvalue weighted by Gasteiger charge is -2.60. The van der Waals surface area contributed by atoms with E-state index in [0.717, 1.165) is 37.4 Å². The summed E-state index contributed by atoms with van der Waals surface area (Å²) < 4.78 is 11.7. The highest BCUT2D eigenvalue weighted by molar-refractivity contribution is 5.78. The van der Waals surface area contributed by atoms with Gasteiger partial charge in [-0.15, -0.1) is 0 Å². The second-order valence-corrected chi connectivity index (χ2v) is 11.3. The molecule has 3 unspecified atom stereocenters. The molecule has 1 spiro atoms. The topological polar surface area (TPSA) is 95.4 Å². The molecule has 1 aromatic carbocycles. The van der Waals surface area contributed by atoms with Gasteiger partial charge in [0.1, 0.15) is 6.10 Å². The number of carbonyl (C=O) groups is 1. The first-order valence-electron chi connectivity index (χ1n) is 13.2. The second-order valence-electron chi connectivity index (χ2n) is 11.3. The molecule has 3 aliphatic heterocycles. The van der Waals surface area contributed by atoms with Crippen molar-refractivity contribution in [3.8, 4) is 17.4 Å². The summed E-state index contributed by atoms with van der Waals surface area (Å²) >= 11 is 0. The molecule has 8 heteroatoms. The fourth-order valence-electron chi connectivity index (χ4n) is 7.57. The van der Waals surface area contributed by atoms with Gasteiger partial charge in [-0.3, -0.25) is 9.69 Å². The van der Waals surface area contributed by atoms with E-state index < -0.39 is 17.1 Å². The van der Waals surface area contributed by atoms with Gasteiger partial charge in [0.05, 0.1) is 36.8 Å². The maximum absolute atomic E-state index is 13.5. The van der Waals surface area contributed by atoms with Crippen LogP contribution < -0.4 is 9.47 Å². The molecule has 3 fully saturated rings. The number of amides is 1. The van der Waals surface area contributed by atoms with Gasteiger partial charge in [-0.1, -0.05) is 12.1 Å². The minimum absolute atomic E-state index is 0.0175. The number of carbonyl (C=O) groups excluding carboxylic acids is 1. The van der Waals surface area contributed by atoms with Gasteiger partial charge in [0.25, 0.3) is 0 Å². The number of ether oxygens (including phenoxy) is 2. The van der Waals surface area contributed by atoms with E-state index in [9.17, 15) is 15.0 Å². The van der Waals surface area contributed by atoms with Crippen LogP contribution in [0.3, 0.4) is 0 Å². The van der Waals surface area contributed by atoms with Crippen molar-refractivity contribution in [1.82, 2.24) is 14.8 Å². The Bertz CT molecular complexity index is 1230. The molecular formula is C28H33N3O5. The molecule has 2 aromatic rings. The summed E-state index contributed by atoms with van der Waals surface area (Å²) in [4.78, 5) is 22.3. The highest BCUT2D eigenvalue weighted by atomic mass is 16.5. The van der Waals surface area contributed by atoms with Crippen LogP contribution in [0.1, 0.15) is 42.5 Å². The molecule has 4 heterocycles. The largest absolute Gasteiger partial charge is 0.504 e. The third-order valence-electron chi connectivity index (χ3n) is 9.46. The van der Waals surface area contributed by atoms with E-state index in [2.05, 4.69) is 9.88 Å². The molecule has 5 aliphatic rings. The van der Waals surface area contributed by atoms with Crippen molar-refractivity contribution in [2.45, 2.75) is 61.7 Å². The Balaban J connectivity index is 1.26. The molecule has 0 radical (unpaired) electrons. The average molecular weight is 492 g/mol. The fraction of sp³-hybridized carbons (Fsp3) is 0.571. The molecule has 2 N–H and O–H groups in total. The SMILES string of the molecule is COc1cccc(CC(=O)N2CCC3(O)C4Cc5ccc(O)c6c5C3(CCN4CC3CC3)[C@H](C2)O6)n1. The van der Waals surface area contributed by atoms with Crippen molar-refractivity contribution in [3.63, 3.8) is 0 Å². The van der Waals surface area contributed by atoms with Gasteiger partial charge < -0.3 is 24.6 Å². The van der Waals surface area contributed by atoms with Gasteiger partial charge in [0.15, 0.2) is 11.5 Å². The summed E-state index contributed by atoms with van der Waals surface area (Å²) in [5.41, 5.74) is 1.16. The number of methoxy groups -OCH3 is 1. The van der Waals surface area contributed by atoms with Crippen LogP contribution in [0, 0.1) is 5.92 Å². The molecule has 1 aromatic heterocycles. The average Bonchev–Trinajstić information content (AvgIpc) is 3.64. The quantitative estimate of drug-likeness (QED) is 0.661. The van der Waals surface area contributed by atoms with Crippen LogP contribution in [0.25, 0.3) is 0 Å². The molecule has 190 valence electrons. The third-order valence-corrected chi connectivity index (χ3v) is 9.46. The van der Waals surface area contributed by atoms with Crippen LogP contribution in [0.2, 0.25) is 0 Å². The lowest BCUT2D eigenvalue weighted by molar-refractivity contribution is -0.162. The molecule has 4 atom stereocenters. The van der Waals surface area contributed by atoms with E-state index in [1.165, 1.54) is 18.4 Å². The Morgan fingerprint density at radius 3 is 2.89 bits per heavy atom. The van der Waals surface area contributed by atoms with Gasteiger partial charge in [-0.2, -0.15) is 0 Å². The summed E-state index contributed by atoms with van der Waals surface area (Å²) in [5, 5.41) is 23.4. The molecule has 2 aliphatic carbocycles. The van der Waals surface area contributed by atoms with Gasteiger partial charge in [-0.25, -0.2) is 4.98 Å². The van der Waals surface area contributed by atoms with Crippen LogP contribution in [0.4, 0.5) is 0 Å². The van der Waals surface area contributed by atoms with E-state index >= 15 is 0 Å². The molecule has 1 saturated carbocycles. The van der Waals surface area contributed by atoms with Crippen LogP contribution in [0.5, 0.6) is 17.4 Å². The van der Waals surface area contributed by atoms with E-state index in [0.29, 0.717) is 36.8 Å². The number of benzene rings is 1. The van der Waals surface area contributed by atoms with Crippen molar-refractivity contribution >= 4 is 5.91 Å². The minimum Gasteiger partial charge on any atom is -0.504 e. The number of hydrogen-bond acceptors (Lipinski definition) is 7. The maximum atomic E-state index is 13.5. The van der Waals surface area contributed by atoms with Gasteiger partial charge in [0.2, 0.25) is 11.8 Å². The zero-order chi connectivity index (χ0) is 24.7. The smallest absolute Gasteiger partial charge is 0.228 e. The van der Waals surface area contributed by atoms with Crippen LogP contribution in [0.15, 0.2) is 30.3 Å². The molecule has 36 heavy (non-hydrogen) atoms. The number of aliphatic hydroxyl groups is 1. The molecule has 2 bridgehead atoms. The summed E-state index contributed by atoms with van der Waals surface area (Å²) in [6.07, 6.45) is 4.30. The number of phenols is 1. The normalized spacial score (nSPS) is 32.4. The number of pyridine rings is 1. The predicted octanol–water partition coefficient (Wildman–Crippen LogP) is 2.04. The summed E-state index contributed by atoms with van der Waals surface area (Å²) in [6.45, 7) is 2.78. The lowest BCUT2D eigenvalue weighted by atomic mass is 9.52. The number of hydrogen-bond donors (Lipinski definition) is 2. The molecule has 1 amide bonds. The summed E-state index contributed by atoms with van der Waals surface area (Å²) in [6, 6.07) is 9.15. The number of piperidine rings is 1. The van der Waals surface area contributed by atoms with Crippen molar-refractivity contribution in [2.75, 3.05) is 33.3 Å². The number of nitrogens with zero attached hydrogens (tertiary/aromatic N) is 3.